The fraction of sp³-hybridized carbons (Fsp3) is 0.211. The number of aromatic nitrogens is 1. The highest BCUT2D eigenvalue weighted by Gasteiger charge is 2.18. The van der Waals surface area contributed by atoms with E-state index in [0.29, 0.717) is 21.0 Å². The maximum atomic E-state index is 12.3. The summed E-state index contributed by atoms with van der Waals surface area (Å²) in [7, 11) is 0. The summed E-state index contributed by atoms with van der Waals surface area (Å²) in [4.78, 5) is 38.9. The van der Waals surface area contributed by atoms with Crippen molar-refractivity contribution in [1.29, 1.82) is 0 Å². The number of carbonyl (C=O) groups excluding carboxylic acids is 2. The lowest BCUT2D eigenvalue weighted by molar-refractivity contribution is -0.384. The molecule has 9 heteroatoms. The van der Waals surface area contributed by atoms with Crippen molar-refractivity contribution in [3.8, 4) is 0 Å². The molecule has 0 radical (unpaired) electrons. The van der Waals surface area contributed by atoms with Crippen molar-refractivity contribution in [2.45, 2.75) is 23.7 Å². The van der Waals surface area contributed by atoms with E-state index in [1.54, 1.807) is 6.07 Å². The molecule has 28 heavy (non-hydrogen) atoms. The van der Waals surface area contributed by atoms with Crippen LogP contribution in [0.25, 0.3) is 10.2 Å². The number of amides is 1. The zero-order valence-corrected chi connectivity index (χ0v) is 16.6. The Hall–Kier alpha value is -2.78. The van der Waals surface area contributed by atoms with Gasteiger partial charge in [0.15, 0.2) is 10.1 Å². The smallest absolute Gasteiger partial charge is 0.270 e. The molecule has 0 unspecified atom stereocenters. The standard InChI is InChI=1S/C19H17N3O4S2/c1-12(23)16(9-13-5-3-2-4-6-13)20-18(24)11-27-19-21-15-8-7-14(22(25)26)10-17(15)28-19/h2-8,10,16H,9,11H2,1H3,(H,20,24)/t16-/m1/s1. The first-order valence-corrected chi connectivity index (χ1v) is 10.2. The summed E-state index contributed by atoms with van der Waals surface area (Å²) in [5.41, 5.74) is 1.64. The van der Waals surface area contributed by atoms with Gasteiger partial charge in [0.1, 0.15) is 0 Å². The summed E-state index contributed by atoms with van der Waals surface area (Å²) in [6.45, 7) is 1.46. The molecule has 1 N–H and O–H groups in total. The second-order valence-corrected chi connectivity index (χ2v) is 8.35. The highest BCUT2D eigenvalue weighted by Crippen LogP contribution is 2.31. The number of ketones is 1. The number of rotatable bonds is 8. The van der Waals surface area contributed by atoms with E-state index >= 15 is 0 Å². The highest BCUT2D eigenvalue weighted by atomic mass is 32.2. The van der Waals surface area contributed by atoms with Crippen LogP contribution < -0.4 is 5.32 Å². The number of benzene rings is 2. The minimum Gasteiger partial charge on any atom is -0.345 e. The van der Waals surface area contributed by atoms with Crippen molar-refractivity contribution in [2.75, 3.05) is 5.75 Å². The maximum absolute atomic E-state index is 12.3. The van der Waals surface area contributed by atoms with E-state index in [0.717, 1.165) is 5.56 Å². The molecular weight excluding hydrogens is 398 g/mol. The molecule has 0 aliphatic carbocycles. The van der Waals surface area contributed by atoms with Gasteiger partial charge in [-0.05, 0) is 25.0 Å². The van der Waals surface area contributed by atoms with E-state index in [2.05, 4.69) is 10.3 Å². The third-order valence-corrected chi connectivity index (χ3v) is 6.16. The number of fused-ring (bicyclic) bond motifs is 1. The Bertz CT molecular complexity index is 1020. The van der Waals surface area contributed by atoms with Crippen molar-refractivity contribution < 1.29 is 14.5 Å². The van der Waals surface area contributed by atoms with Crippen LogP contribution in [0.1, 0.15) is 12.5 Å². The average Bonchev–Trinajstić information content (AvgIpc) is 3.08. The lowest BCUT2D eigenvalue weighted by atomic mass is 10.0. The summed E-state index contributed by atoms with van der Waals surface area (Å²) >= 11 is 2.54. The number of thioether (sulfide) groups is 1. The van der Waals surface area contributed by atoms with Crippen LogP contribution in [0, 0.1) is 10.1 Å². The van der Waals surface area contributed by atoms with Gasteiger partial charge < -0.3 is 5.32 Å². The van der Waals surface area contributed by atoms with Crippen LogP contribution in [0.15, 0.2) is 52.9 Å². The summed E-state index contributed by atoms with van der Waals surface area (Å²) in [6.07, 6.45) is 0.442. The second kappa shape index (κ2) is 8.94. The van der Waals surface area contributed by atoms with Crippen LogP contribution in [0.5, 0.6) is 0 Å². The van der Waals surface area contributed by atoms with E-state index in [9.17, 15) is 19.7 Å². The molecule has 0 saturated heterocycles. The van der Waals surface area contributed by atoms with Crippen LogP contribution in [-0.2, 0) is 16.0 Å². The number of nitro benzene ring substituents is 1. The van der Waals surface area contributed by atoms with Crippen molar-refractivity contribution >= 4 is 50.7 Å². The summed E-state index contributed by atoms with van der Waals surface area (Å²) in [5.74, 6) is -0.249. The molecular formula is C19H17N3O4S2. The van der Waals surface area contributed by atoms with Crippen molar-refractivity contribution in [1.82, 2.24) is 10.3 Å². The van der Waals surface area contributed by atoms with Gasteiger partial charge in [0.2, 0.25) is 5.91 Å². The van der Waals surface area contributed by atoms with Gasteiger partial charge in [-0.2, -0.15) is 0 Å². The predicted molar refractivity (Wildman–Crippen MR) is 110 cm³/mol. The summed E-state index contributed by atoms with van der Waals surface area (Å²) in [6, 6.07) is 13.4. The van der Waals surface area contributed by atoms with E-state index in [-0.39, 0.29) is 23.1 Å². The van der Waals surface area contributed by atoms with Crippen LogP contribution in [-0.4, -0.2) is 33.4 Å². The molecule has 3 aromatic rings. The quantitative estimate of drug-likeness (QED) is 0.342. The highest BCUT2D eigenvalue weighted by molar-refractivity contribution is 8.01. The van der Waals surface area contributed by atoms with Gasteiger partial charge in [0.05, 0.1) is 26.9 Å². The molecule has 144 valence electrons. The van der Waals surface area contributed by atoms with E-state index < -0.39 is 11.0 Å². The number of non-ortho nitro benzene ring substituents is 1. The van der Waals surface area contributed by atoms with E-state index in [4.69, 9.17) is 0 Å². The number of nitro groups is 1. The topological polar surface area (TPSA) is 102 Å². The lowest BCUT2D eigenvalue weighted by Gasteiger charge is -2.15. The Morgan fingerprint density at radius 2 is 2.00 bits per heavy atom. The summed E-state index contributed by atoms with van der Waals surface area (Å²) in [5, 5.41) is 13.6. The van der Waals surface area contributed by atoms with Gasteiger partial charge in [0, 0.05) is 12.1 Å². The zero-order chi connectivity index (χ0) is 20.1. The van der Waals surface area contributed by atoms with Crippen LogP contribution in [0.4, 0.5) is 5.69 Å². The van der Waals surface area contributed by atoms with Gasteiger partial charge >= 0.3 is 0 Å². The van der Waals surface area contributed by atoms with Gasteiger partial charge in [-0.25, -0.2) is 4.98 Å². The number of thiazole rings is 1. The fourth-order valence-electron chi connectivity index (χ4n) is 2.58. The minimum atomic E-state index is -0.575. The van der Waals surface area contributed by atoms with Crippen molar-refractivity contribution in [3.05, 3.63) is 64.2 Å². The maximum Gasteiger partial charge on any atom is 0.270 e. The molecule has 1 amide bonds. The van der Waals surface area contributed by atoms with Crippen molar-refractivity contribution in [3.63, 3.8) is 0 Å². The molecule has 1 aromatic heterocycles. The number of Topliss-reactive ketones (excluding diaryl/α,β-unsaturated/α-hetero) is 1. The molecule has 7 nitrogen and oxygen atoms in total. The molecule has 1 atom stereocenters. The number of hydrogen-bond donors (Lipinski definition) is 1. The molecule has 3 rings (SSSR count). The molecule has 0 fully saturated rings. The largest absolute Gasteiger partial charge is 0.345 e. The predicted octanol–water partition coefficient (Wildman–Crippen LogP) is 3.61. The number of hydrogen-bond acceptors (Lipinski definition) is 7. The van der Waals surface area contributed by atoms with E-state index in [1.165, 1.54) is 42.2 Å². The first-order valence-electron chi connectivity index (χ1n) is 8.44. The molecule has 0 bridgehead atoms. The minimum absolute atomic E-state index is 0.00987. The molecule has 1 heterocycles. The first kappa shape index (κ1) is 20.0. The number of nitrogens with zero attached hydrogens (tertiary/aromatic N) is 2. The van der Waals surface area contributed by atoms with Gasteiger partial charge in [-0.15, -0.1) is 11.3 Å². The Labute approximate surface area is 169 Å². The molecule has 0 saturated carbocycles. The average molecular weight is 415 g/mol. The van der Waals surface area contributed by atoms with Gasteiger partial charge in [-0.1, -0.05) is 42.1 Å². The number of nitrogens with one attached hydrogen (secondary N) is 1. The third kappa shape index (κ3) is 5.14. The Morgan fingerprint density at radius 1 is 1.25 bits per heavy atom. The van der Waals surface area contributed by atoms with Crippen molar-refractivity contribution in [2.24, 2.45) is 0 Å². The SMILES string of the molecule is CC(=O)[C@@H](Cc1ccccc1)NC(=O)CSc1nc2ccc([N+](=O)[O-])cc2s1. The molecule has 2 aromatic carbocycles. The Balaban J connectivity index is 1.60. The summed E-state index contributed by atoms with van der Waals surface area (Å²) < 4.78 is 1.34. The Morgan fingerprint density at radius 3 is 2.68 bits per heavy atom. The molecule has 0 aliphatic rings. The van der Waals surface area contributed by atoms with Crippen LogP contribution in [0.2, 0.25) is 0 Å². The second-order valence-electron chi connectivity index (χ2n) is 6.10. The molecule has 0 aliphatic heterocycles. The number of carbonyl (C=O) groups is 2. The van der Waals surface area contributed by atoms with Crippen LogP contribution >= 0.6 is 23.1 Å². The molecule has 0 spiro atoms. The third-order valence-electron chi connectivity index (χ3n) is 4.00. The first-order chi connectivity index (χ1) is 13.4. The van der Waals surface area contributed by atoms with E-state index in [1.807, 2.05) is 30.3 Å². The van der Waals surface area contributed by atoms with Crippen LogP contribution in [0.3, 0.4) is 0 Å². The Kier molecular flexibility index (Phi) is 6.37. The van der Waals surface area contributed by atoms with Gasteiger partial charge in [-0.3, -0.25) is 19.7 Å². The normalized spacial score (nSPS) is 11.9. The fourth-order valence-corrected chi connectivity index (χ4v) is 4.49. The van der Waals surface area contributed by atoms with Gasteiger partial charge in [0.25, 0.3) is 5.69 Å². The monoisotopic (exact) mass is 415 g/mol. The zero-order valence-electron chi connectivity index (χ0n) is 15.0. The lowest BCUT2D eigenvalue weighted by Crippen LogP contribution is -2.42.